The number of benzene rings is 1. The molecule has 0 saturated heterocycles. The van der Waals surface area contributed by atoms with E-state index < -0.39 is 83.1 Å². The second kappa shape index (κ2) is 15.4. The lowest BCUT2D eigenvalue weighted by molar-refractivity contribution is -0.160. The summed E-state index contributed by atoms with van der Waals surface area (Å²) >= 11 is 0. The predicted octanol–water partition coefficient (Wildman–Crippen LogP) is 3.38. The number of carbonyl (C=O) groups excluding carboxylic acids is 5. The molecule has 0 radical (unpaired) electrons. The first-order valence-corrected chi connectivity index (χ1v) is 16.9. The van der Waals surface area contributed by atoms with Gasteiger partial charge in [0.15, 0.2) is 5.78 Å². The van der Waals surface area contributed by atoms with Crippen LogP contribution in [0, 0.1) is 30.6 Å². The molecule has 0 spiro atoms. The molecule has 0 aromatic heterocycles. The Morgan fingerprint density at radius 2 is 1.65 bits per heavy atom. The van der Waals surface area contributed by atoms with Crippen LogP contribution >= 0.6 is 0 Å². The number of Topliss-reactive ketones (excluding diaryl/α,β-unsaturated/α-hetero) is 2. The molecule has 1 aromatic rings. The highest BCUT2D eigenvalue weighted by Gasteiger charge is 2.51. The van der Waals surface area contributed by atoms with Crippen molar-refractivity contribution in [2.24, 2.45) is 29.4 Å². The van der Waals surface area contributed by atoms with Crippen molar-refractivity contribution in [2.75, 3.05) is 7.11 Å². The monoisotopic (exact) mass is 708 g/mol. The third-order valence-corrected chi connectivity index (χ3v) is 10.2. The van der Waals surface area contributed by atoms with E-state index in [2.05, 4.69) is 5.32 Å². The van der Waals surface area contributed by atoms with Gasteiger partial charge < -0.3 is 40.2 Å². The zero-order valence-corrected chi connectivity index (χ0v) is 30.4. The number of nitrogens with two attached hydrogens (primary N) is 1. The van der Waals surface area contributed by atoms with Gasteiger partial charge in [0.25, 0.3) is 11.7 Å². The van der Waals surface area contributed by atoms with E-state index >= 15 is 0 Å². The molecule has 3 aliphatic heterocycles. The van der Waals surface area contributed by atoms with Gasteiger partial charge in [0.2, 0.25) is 5.78 Å². The zero-order valence-electron chi connectivity index (χ0n) is 30.4. The number of aliphatic hydroxyl groups is 2. The van der Waals surface area contributed by atoms with Crippen molar-refractivity contribution < 1.29 is 53.1 Å². The molecule has 51 heavy (non-hydrogen) atoms. The van der Waals surface area contributed by atoms with Gasteiger partial charge in [-0.1, -0.05) is 45.9 Å². The van der Waals surface area contributed by atoms with Crippen molar-refractivity contribution in [3.63, 3.8) is 0 Å². The Morgan fingerprint density at radius 1 is 0.980 bits per heavy atom. The van der Waals surface area contributed by atoms with Gasteiger partial charge in [0.1, 0.15) is 11.9 Å². The van der Waals surface area contributed by atoms with Gasteiger partial charge in [0, 0.05) is 73.9 Å². The number of nitrogens with one attached hydrogen (secondary N) is 1. The normalized spacial score (nSPS) is 34.0. The molecule has 9 atom stereocenters. The summed E-state index contributed by atoms with van der Waals surface area (Å²) < 4.78 is 23.4. The number of rotatable bonds is 3. The lowest BCUT2D eigenvalue weighted by Gasteiger charge is -2.38. The van der Waals surface area contributed by atoms with Crippen molar-refractivity contribution in [1.82, 2.24) is 5.32 Å². The van der Waals surface area contributed by atoms with Gasteiger partial charge >= 0.3 is 11.8 Å². The number of hydrogen-bond donors (Lipinski definition) is 4. The van der Waals surface area contributed by atoms with Crippen molar-refractivity contribution in [3.05, 3.63) is 75.7 Å². The number of carbonyl (C=O) groups is 5. The number of aliphatic hydroxyl groups excluding tert-OH is 2. The van der Waals surface area contributed by atoms with Crippen LogP contribution in [0.3, 0.4) is 0 Å². The molecule has 4 aliphatic rings. The number of allylic oxidation sites excluding steroid dienone is 4. The van der Waals surface area contributed by atoms with Gasteiger partial charge in [-0.25, -0.2) is 0 Å². The predicted molar refractivity (Wildman–Crippen MR) is 185 cm³/mol. The summed E-state index contributed by atoms with van der Waals surface area (Å²) in [6, 6.07) is 0. The Balaban J connectivity index is 1.85. The molecule has 13 heteroatoms. The van der Waals surface area contributed by atoms with Crippen LogP contribution in [-0.4, -0.2) is 76.8 Å². The molecule has 0 unspecified atom stereocenters. The van der Waals surface area contributed by atoms with E-state index in [9.17, 15) is 34.2 Å². The molecule has 5 rings (SSSR count). The highest BCUT2D eigenvalue weighted by atomic mass is 16.7. The molecule has 1 aromatic carbocycles. The summed E-state index contributed by atoms with van der Waals surface area (Å²) in [6.07, 6.45) is 4.63. The van der Waals surface area contributed by atoms with Crippen molar-refractivity contribution in [1.29, 1.82) is 0 Å². The number of ketones is 3. The Labute approximate surface area is 297 Å². The number of amides is 1. The number of ether oxygens (including phenoxy) is 4. The first kappa shape index (κ1) is 39.4. The van der Waals surface area contributed by atoms with E-state index in [-0.39, 0.29) is 45.8 Å². The summed E-state index contributed by atoms with van der Waals surface area (Å²) in [4.78, 5) is 66.9. The summed E-state index contributed by atoms with van der Waals surface area (Å²) in [6.45, 7) is 12.5. The first-order chi connectivity index (χ1) is 23.9. The molecular weight excluding hydrogens is 660 g/mol. The third kappa shape index (κ3) is 7.48. The third-order valence-electron chi connectivity index (χ3n) is 10.2. The van der Waals surface area contributed by atoms with E-state index in [0.29, 0.717) is 5.56 Å². The fourth-order valence-corrected chi connectivity index (χ4v) is 6.97. The lowest BCUT2D eigenvalue weighted by Crippen LogP contribution is -2.46. The number of esters is 1. The van der Waals surface area contributed by atoms with Gasteiger partial charge in [0.05, 0.1) is 35.8 Å². The maximum absolute atomic E-state index is 14.0. The Morgan fingerprint density at radius 3 is 2.25 bits per heavy atom. The smallest absolute Gasteiger partial charge is 0.312 e. The Kier molecular flexibility index (Phi) is 11.9. The minimum atomic E-state index is -1.96. The maximum Gasteiger partial charge on any atom is 0.312 e. The average Bonchev–Trinajstić information content (AvgIpc) is 3.35. The van der Waals surface area contributed by atoms with Gasteiger partial charge in [-0.15, -0.1) is 0 Å². The van der Waals surface area contributed by atoms with Gasteiger partial charge in [-0.3, -0.25) is 24.0 Å². The molecule has 13 nitrogen and oxygen atoms in total. The summed E-state index contributed by atoms with van der Waals surface area (Å²) in [5.41, 5.74) is 6.21. The fraction of sp³-hybridized carbons (Fsp3) is 0.500. The largest absolute Gasteiger partial charge is 0.462 e. The molecule has 1 amide bonds. The van der Waals surface area contributed by atoms with Crippen LogP contribution in [0.5, 0.6) is 5.75 Å². The van der Waals surface area contributed by atoms with Crippen molar-refractivity contribution in [3.8, 4) is 5.75 Å². The van der Waals surface area contributed by atoms with Crippen LogP contribution in [0.4, 0.5) is 0 Å². The second-order valence-electron chi connectivity index (χ2n) is 13.7. The molecule has 5 bridgehead atoms. The van der Waals surface area contributed by atoms with Crippen LogP contribution in [0.25, 0.3) is 0 Å². The van der Waals surface area contributed by atoms with E-state index in [1.165, 1.54) is 46.3 Å². The summed E-state index contributed by atoms with van der Waals surface area (Å²) in [5.74, 6) is -7.63. The molecule has 3 heterocycles. The Hall–Kier alpha value is -4.43. The average molecular weight is 709 g/mol. The van der Waals surface area contributed by atoms with Gasteiger partial charge in [-0.2, -0.15) is 0 Å². The number of methoxy groups -OCH3 is 1. The molecule has 5 N–H and O–H groups in total. The molecule has 1 aliphatic carbocycles. The van der Waals surface area contributed by atoms with Crippen LogP contribution < -0.4 is 15.8 Å². The van der Waals surface area contributed by atoms with E-state index in [4.69, 9.17) is 24.7 Å². The standard InChI is InChI=1S/C38H48N2O11/c1-17-11-10-12-18(2)37(47)40-25-15-26(42)29-28(33(25)45)24(16-39)19(3)35-30(29)36(46)38(8,51-35)49-14-13-27(48-9)20(4)34(50-23(7)41)22(6)32(44)21(5)31(17)43/h10-15,17,20-22,27,31-32,34,43-44H,16,39H2,1-9H3,(H,40,47)/b11-10+,14-13+,18-12-/t17-,20+,21+,22+,27-,31-,32+,34+,38-/m0/s1. The second-order valence-corrected chi connectivity index (χ2v) is 13.7. The van der Waals surface area contributed by atoms with Crippen LogP contribution in [0.15, 0.2) is 47.9 Å². The summed E-state index contributed by atoms with van der Waals surface area (Å²) in [7, 11) is 1.44. The fourth-order valence-electron chi connectivity index (χ4n) is 6.97. The number of hydrogen-bond acceptors (Lipinski definition) is 12. The maximum atomic E-state index is 14.0. The highest BCUT2D eigenvalue weighted by molar-refractivity contribution is 6.30. The molecule has 276 valence electrons. The SMILES string of the molecule is CO[C@H]1/C=C/O[C@@]2(C)Oc3c(C)c(CN)c4c(c3C2=O)C(=O)C=C(NC(=O)/C(C)=C\C=C\[C@H](C)[C@H](O)[C@@H](C)[C@@H](O)[C@@H](C)[C@H](OC(C)=O)[C@@H]1C)C4=O. The molecule has 0 saturated carbocycles. The van der Waals surface area contributed by atoms with Gasteiger partial charge in [-0.05, 0) is 31.1 Å². The van der Waals surface area contributed by atoms with Crippen LogP contribution in [0.1, 0.15) is 90.7 Å². The van der Waals surface area contributed by atoms with Crippen molar-refractivity contribution >= 4 is 29.2 Å². The van der Waals surface area contributed by atoms with Crippen LogP contribution in [0.2, 0.25) is 0 Å². The minimum absolute atomic E-state index is 0.0492. The van der Waals surface area contributed by atoms with Crippen LogP contribution in [-0.2, 0) is 30.3 Å². The minimum Gasteiger partial charge on any atom is -0.462 e. The lowest BCUT2D eigenvalue weighted by atomic mass is 9.78. The zero-order chi connectivity index (χ0) is 38.1. The highest BCUT2D eigenvalue weighted by Crippen LogP contribution is 2.45. The van der Waals surface area contributed by atoms with E-state index in [1.807, 2.05) is 0 Å². The van der Waals surface area contributed by atoms with E-state index in [1.54, 1.807) is 46.8 Å². The topological polar surface area (TPSA) is 201 Å². The number of fused-ring (bicyclic) bond motifs is 14. The van der Waals surface area contributed by atoms with Crippen molar-refractivity contribution in [2.45, 2.75) is 92.1 Å². The molecule has 0 fully saturated rings. The first-order valence-electron chi connectivity index (χ1n) is 16.9. The molecular formula is C38H48N2O11. The quantitative estimate of drug-likeness (QED) is 0.334. The Bertz CT molecular complexity index is 1740. The van der Waals surface area contributed by atoms with E-state index in [0.717, 1.165) is 6.08 Å². The summed E-state index contributed by atoms with van der Waals surface area (Å²) in [5, 5.41) is 25.1.